The standard InChI is InChI=1S/C15H28N4O/c1-12(2)19-13(17-11-18-19)9-20-15(10-16)7-5-14(3,4)6-8-15/h11-12H,5-10,16H2,1-4H3. The van der Waals surface area contributed by atoms with Crippen LogP contribution in [0.4, 0.5) is 0 Å². The molecular formula is C15H28N4O. The van der Waals surface area contributed by atoms with Crippen molar-refractivity contribution in [2.45, 2.75) is 71.6 Å². The molecule has 5 nitrogen and oxygen atoms in total. The van der Waals surface area contributed by atoms with Gasteiger partial charge < -0.3 is 10.5 Å². The fourth-order valence-corrected chi connectivity index (χ4v) is 2.82. The molecule has 1 heterocycles. The Balaban J connectivity index is 1.99. The topological polar surface area (TPSA) is 66.0 Å². The number of nitrogens with two attached hydrogens (primary N) is 1. The summed E-state index contributed by atoms with van der Waals surface area (Å²) in [5.41, 5.74) is 6.24. The molecule has 5 heteroatoms. The van der Waals surface area contributed by atoms with Crippen LogP contribution < -0.4 is 5.73 Å². The lowest BCUT2D eigenvalue weighted by Crippen LogP contribution is -2.45. The first kappa shape index (κ1) is 15.4. The Bertz CT molecular complexity index is 429. The number of ether oxygens (including phenoxy) is 1. The second-order valence-corrected chi connectivity index (χ2v) is 7.05. The molecule has 1 saturated carbocycles. The summed E-state index contributed by atoms with van der Waals surface area (Å²) in [5.74, 6) is 0.887. The summed E-state index contributed by atoms with van der Waals surface area (Å²) in [6.07, 6.45) is 6.00. The van der Waals surface area contributed by atoms with Gasteiger partial charge in [-0.05, 0) is 44.9 Å². The zero-order chi connectivity index (χ0) is 14.8. The highest BCUT2D eigenvalue weighted by atomic mass is 16.5. The van der Waals surface area contributed by atoms with Crippen LogP contribution in [0.25, 0.3) is 0 Å². The van der Waals surface area contributed by atoms with Crippen LogP contribution in [0.1, 0.15) is 65.2 Å². The molecule has 1 aromatic heterocycles. The van der Waals surface area contributed by atoms with Crippen molar-refractivity contribution < 1.29 is 4.74 Å². The molecule has 0 saturated heterocycles. The molecule has 0 spiro atoms. The maximum atomic E-state index is 6.20. The zero-order valence-electron chi connectivity index (χ0n) is 13.2. The van der Waals surface area contributed by atoms with Crippen LogP contribution >= 0.6 is 0 Å². The monoisotopic (exact) mass is 280 g/mol. The van der Waals surface area contributed by atoms with Gasteiger partial charge in [0.15, 0.2) is 5.82 Å². The first-order valence-electron chi connectivity index (χ1n) is 7.60. The predicted molar refractivity (Wildman–Crippen MR) is 79.2 cm³/mol. The summed E-state index contributed by atoms with van der Waals surface area (Å²) in [6, 6.07) is 0.301. The number of nitrogens with zero attached hydrogens (tertiary/aromatic N) is 3. The van der Waals surface area contributed by atoms with E-state index >= 15 is 0 Å². The number of hydrogen-bond donors (Lipinski definition) is 1. The van der Waals surface area contributed by atoms with Crippen molar-refractivity contribution in [2.75, 3.05) is 6.54 Å². The molecule has 0 atom stereocenters. The minimum absolute atomic E-state index is 0.177. The van der Waals surface area contributed by atoms with Crippen molar-refractivity contribution in [3.8, 4) is 0 Å². The number of rotatable bonds is 5. The average Bonchev–Trinajstić information content (AvgIpc) is 2.87. The Kier molecular flexibility index (Phi) is 4.49. The van der Waals surface area contributed by atoms with Crippen molar-refractivity contribution in [3.05, 3.63) is 12.2 Å². The largest absolute Gasteiger partial charge is 0.366 e. The quantitative estimate of drug-likeness (QED) is 0.900. The first-order chi connectivity index (χ1) is 9.37. The van der Waals surface area contributed by atoms with Gasteiger partial charge in [-0.25, -0.2) is 9.67 Å². The lowest BCUT2D eigenvalue weighted by atomic mass is 9.71. The minimum Gasteiger partial charge on any atom is -0.366 e. The normalized spacial score (nSPS) is 21.3. The molecular weight excluding hydrogens is 252 g/mol. The Morgan fingerprint density at radius 1 is 1.30 bits per heavy atom. The van der Waals surface area contributed by atoms with E-state index in [4.69, 9.17) is 10.5 Å². The Hall–Kier alpha value is -0.940. The second-order valence-electron chi connectivity index (χ2n) is 7.05. The van der Waals surface area contributed by atoms with Crippen LogP contribution in [0.15, 0.2) is 6.33 Å². The predicted octanol–water partition coefficient (Wildman–Crippen LogP) is 2.67. The fourth-order valence-electron chi connectivity index (χ4n) is 2.82. The molecule has 114 valence electrons. The summed E-state index contributed by atoms with van der Waals surface area (Å²) in [7, 11) is 0. The summed E-state index contributed by atoms with van der Waals surface area (Å²) < 4.78 is 8.11. The molecule has 0 aromatic carbocycles. The van der Waals surface area contributed by atoms with Gasteiger partial charge in [-0.1, -0.05) is 13.8 Å². The van der Waals surface area contributed by atoms with E-state index in [2.05, 4.69) is 37.8 Å². The molecule has 0 bridgehead atoms. The third-order valence-electron chi connectivity index (χ3n) is 4.53. The van der Waals surface area contributed by atoms with Crippen LogP contribution in [0.3, 0.4) is 0 Å². The third-order valence-corrected chi connectivity index (χ3v) is 4.53. The van der Waals surface area contributed by atoms with E-state index in [-0.39, 0.29) is 5.60 Å². The van der Waals surface area contributed by atoms with E-state index in [0.717, 1.165) is 18.7 Å². The molecule has 0 aliphatic heterocycles. The van der Waals surface area contributed by atoms with E-state index in [1.807, 2.05) is 4.68 Å². The van der Waals surface area contributed by atoms with Crippen molar-refractivity contribution in [1.82, 2.24) is 14.8 Å². The highest BCUT2D eigenvalue weighted by Gasteiger charge is 2.38. The van der Waals surface area contributed by atoms with Crippen LogP contribution in [0, 0.1) is 5.41 Å². The van der Waals surface area contributed by atoms with Crippen LogP contribution in [-0.4, -0.2) is 26.9 Å². The number of hydrogen-bond acceptors (Lipinski definition) is 4. The Morgan fingerprint density at radius 2 is 1.95 bits per heavy atom. The van der Waals surface area contributed by atoms with Crippen molar-refractivity contribution >= 4 is 0 Å². The molecule has 0 radical (unpaired) electrons. The molecule has 0 unspecified atom stereocenters. The van der Waals surface area contributed by atoms with Gasteiger partial charge in [0, 0.05) is 12.6 Å². The summed E-state index contributed by atoms with van der Waals surface area (Å²) in [6.45, 7) is 9.92. The highest BCUT2D eigenvalue weighted by Crippen LogP contribution is 2.41. The molecule has 20 heavy (non-hydrogen) atoms. The smallest absolute Gasteiger partial charge is 0.153 e. The molecule has 1 aliphatic carbocycles. The minimum atomic E-state index is -0.177. The maximum Gasteiger partial charge on any atom is 0.153 e. The highest BCUT2D eigenvalue weighted by molar-refractivity contribution is 4.93. The van der Waals surface area contributed by atoms with Crippen molar-refractivity contribution in [2.24, 2.45) is 11.1 Å². The van der Waals surface area contributed by atoms with Crippen molar-refractivity contribution in [1.29, 1.82) is 0 Å². The van der Waals surface area contributed by atoms with E-state index in [1.165, 1.54) is 12.8 Å². The lowest BCUT2D eigenvalue weighted by Gasteiger charge is -2.42. The van der Waals surface area contributed by atoms with Gasteiger partial charge >= 0.3 is 0 Å². The van der Waals surface area contributed by atoms with Gasteiger partial charge in [-0.15, -0.1) is 0 Å². The van der Waals surface area contributed by atoms with Crippen LogP contribution in [0.5, 0.6) is 0 Å². The summed E-state index contributed by atoms with van der Waals surface area (Å²) >= 11 is 0. The van der Waals surface area contributed by atoms with Gasteiger partial charge in [0.1, 0.15) is 12.9 Å². The molecule has 2 rings (SSSR count). The van der Waals surface area contributed by atoms with Crippen molar-refractivity contribution in [3.63, 3.8) is 0 Å². The molecule has 2 N–H and O–H groups in total. The van der Waals surface area contributed by atoms with Gasteiger partial charge in [0.05, 0.1) is 5.60 Å². The van der Waals surface area contributed by atoms with E-state index < -0.39 is 0 Å². The third kappa shape index (κ3) is 3.38. The van der Waals surface area contributed by atoms with E-state index in [0.29, 0.717) is 24.6 Å². The molecule has 1 aliphatic rings. The molecule has 1 fully saturated rings. The molecule has 0 amide bonds. The Morgan fingerprint density at radius 3 is 2.50 bits per heavy atom. The van der Waals surface area contributed by atoms with Gasteiger partial charge in [0.25, 0.3) is 0 Å². The fraction of sp³-hybridized carbons (Fsp3) is 0.867. The van der Waals surface area contributed by atoms with Crippen LogP contribution in [0.2, 0.25) is 0 Å². The average molecular weight is 280 g/mol. The summed E-state index contributed by atoms with van der Waals surface area (Å²) in [4.78, 5) is 4.30. The summed E-state index contributed by atoms with van der Waals surface area (Å²) in [5, 5.41) is 4.25. The number of aromatic nitrogens is 3. The first-order valence-corrected chi connectivity index (χ1v) is 7.60. The maximum absolute atomic E-state index is 6.20. The SMILES string of the molecule is CC(C)n1ncnc1COC1(CN)CCC(C)(C)CC1. The van der Waals surface area contributed by atoms with Gasteiger partial charge in [0.2, 0.25) is 0 Å². The van der Waals surface area contributed by atoms with Crippen LogP contribution in [-0.2, 0) is 11.3 Å². The Labute approximate surface area is 121 Å². The lowest BCUT2D eigenvalue weighted by molar-refractivity contribution is -0.0934. The van der Waals surface area contributed by atoms with Gasteiger partial charge in [-0.3, -0.25) is 0 Å². The van der Waals surface area contributed by atoms with E-state index in [1.54, 1.807) is 6.33 Å². The zero-order valence-corrected chi connectivity index (χ0v) is 13.2. The van der Waals surface area contributed by atoms with E-state index in [9.17, 15) is 0 Å². The second kappa shape index (κ2) is 5.82. The molecule has 1 aromatic rings. The van der Waals surface area contributed by atoms with Gasteiger partial charge in [-0.2, -0.15) is 5.10 Å².